The van der Waals surface area contributed by atoms with E-state index >= 15 is 0 Å². The fourth-order valence-electron chi connectivity index (χ4n) is 1.74. The standard InChI is InChI=1S/C12H9ClN2O2/c1-7-14-9(5-12(13)15-7)8-2-3-10-11(4-8)17-6-16-10/h2-5H,6H2,1H3. The average Bonchev–Trinajstić information content (AvgIpc) is 2.74. The van der Waals surface area contributed by atoms with Gasteiger partial charge in [0.2, 0.25) is 6.79 Å². The van der Waals surface area contributed by atoms with Crippen molar-refractivity contribution in [2.24, 2.45) is 0 Å². The maximum absolute atomic E-state index is 5.91. The van der Waals surface area contributed by atoms with Gasteiger partial charge in [-0.2, -0.15) is 0 Å². The van der Waals surface area contributed by atoms with E-state index in [9.17, 15) is 0 Å². The van der Waals surface area contributed by atoms with Crippen molar-refractivity contribution >= 4 is 11.6 Å². The summed E-state index contributed by atoms with van der Waals surface area (Å²) in [7, 11) is 0. The van der Waals surface area contributed by atoms with Crippen molar-refractivity contribution in [1.29, 1.82) is 0 Å². The molecule has 0 radical (unpaired) electrons. The predicted molar refractivity (Wildman–Crippen MR) is 63.3 cm³/mol. The third-order valence-corrected chi connectivity index (χ3v) is 2.67. The van der Waals surface area contributed by atoms with Gasteiger partial charge in [0.1, 0.15) is 11.0 Å². The van der Waals surface area contributed by atoms with Crippen molar-refractivity contribution in [2.75, 3.05) is 6.79 Å². The summed E-state index contributed by atoms with van der Waals surface area (Å²) in [6.07, 6.45) is 0. The van der Waals surface area contributed by atoms with Gasteiger partial charge in [0.25, 0.3) is 0 Å². The molecule has 0 N–H and O–H groups in total. The summed E-state index contributed by atoms with van der Waals surface area (Å²) in [5.74, 6) is 2.13. The third kappa shape index (κ3) is 1.91. The zero-order chi connectivity index (χ0) is 11.8. The highest BCUT2D eigenvalue weighted by atomic mass is 35.5. The van der Waals surface area contributed by atoms with E-state index in [-0.39, 0.29) is 6.79 Å². The number of aryl methyl sites for hydroxylation is 1. The first-order valence-electron chi connectivity index (χ1n) is 5.13. The van der Waals surface area contributed by atoms with Gasteiger partial charge in [-0.05, 0) is 25.1 Å². The molecule has 17 heavy (non-hydrogen) atoms. The van der Waals surface area contributed by atoms with Crippen molar-refractivity contribution in [3.8, 4) is 22.8 Å². The molecule has 4 nitrogen and oxygen atoms in total. The minimum Gasteiger partial charge on any atom is -0.454 e. The first-order chi connectivity index (χ1) is 8.22. The third-order valence-electron chi connectivity index (χ3n) is 2.48. The summed E-state index contributed by atoms with van der Waals surface area (Å²) in [6, 6.07) is 7.40. The van der Waals surface area contributed by atoms with E-state index in [0.717, 1.165) is 22.8 Å². The van der Waals surface area contributed by atoms with Gasteiger partial charge in [0, 0.05) is 11.6 Å². The summed E-state index contributed by atoms with van der Waals surface area (Å²) in [4.78, 5) is 8.37. The van der Waals surface area contributed by atoms with E-state index in [0.29, 0.717) is 11.0 Å². The van der Waals surface area contributed by atoms with Gasteiger partial charge in [-0.3, -0.25) is 0 Å². The van der Waals surface area contributed by atoms with E-state index in [2.05, 4.69) is 9.97 Å². The van der Waals surface area contributed by atoms with Crippen LogP contribution in [0.5, 0.6) is 11.5 Å². The number of benzene rings is 1. The number of ether oxygens (including phenoxy) is 2. The molecular formula is C12H9ClN2O2. The van der Waals surface area contributed by atoms with E-state index in [1.807, 2.05) is 25.1 Å². The molecule has 1 aliphatic rings. The number of rotatable bonds is 1. The second-order valence-corrected chi connectivity index (χ2v) is 4.08. The van der Waals surface area contributed by atoms with Gasteiger partial charge >= 0.3 is 0 Å². The van der Waals surface area contributed by atoms with Gasteiger partial charge in [0.15, 0.2) is 11.5 Å². The molecule has 0 atom stereocenters. The monoisotopic (exact) mass is 248 g/mol. The second-order valence-electron chi connectivity index (χ2n) is 3.69. The van der Waals surface area contributed by atoms with Crippen molar-refractivity contribution in [3.05, 3.63) is 35.2 Å². The molecule has 3 rings (SSSR count). The Labute approximate surface area is 103 Å². The predicted octanol–water partition coefficient (Wildman–Crippen LogP) is 2.83. The van der Waals surface area contributed by atoms with Crippen molar-refractivity contribution < 1.29 is 9.47 Å². The SMILES string of the molecule is Cc1nc(Cl)cc(-c2ccc3c(c2)OCO3)n1. The van der Waals surface area contributed by atoms with Crippen molar-refractivity contribution in [3.63, 3.8) is 0 Å². The van der Waals surface area contributed by atoms with Crippen LogP contribution in [0, 0.1) is 6.92 Å². The Balaban J connectivity index is 2.09. The number of nitrogens with zero attached hydrogens (tertiary/aromatic N) is 2. The quantitative estimate of drug-likeness (QED) is 0.728. The van der Waals surface area contributed by atoms with Crippen LogP contribution >= 0.6 is 11.6 Å². The van der Waals surface area contributed by atoms with Gasteiger partial charge in [0.05, 0.1) is 5.69 Å². The minimum atomic E-state index is 0.266. The van der Waals surface area contributed by atoms with Crippen LogP contribution in [-0.4, -0.2) is 16.8 Å². The smallest absolute Gasteiger partial charge is 0.231 e. The number of halogens is 1. The largest absolute Gasteiger partial charge is 0.454 e. The molecule has 1 aromatic carbocycles. The zero-order valence-electron chi connectivity index (χ0n) is 9.11. The number of fused-ring (bicyclic) bond motifs is 1. The first kappa shape index (κ1) is 10.4. The number of aromatic nitrogens is 2. The van der Waals surface area contributed by atoms with Crippen LogP contribution in [0.1, 0.15) is 5.82 Å². The van der Waals surface area contributed by atoms with E-state index < -0.39 is 0 Å². The summed E-state index contributed by atoms with van der Waals surface area (Å²) < 4.78 is 10.6. The highest BCUT2D eigenvalue weighted by molar-refractivity contribution is 6.29. The van der Waals surface area contributed by atoms with Crippen LogP contribution in [-0.2, 0) is 0 Å². The highest BCUT2D eigenvalue weighted by Gasteiger charge is 2.14. The Morgan fingerprint density at radius 2 is 1.94 bits per heavy atom. The Morgan fingerprint density at radius 1 is 1.12 bits per heavy atom. The summed E-state index contributed by atoms with van der Waals surface area (Å²) in [5, 5.41) is 0.435. The zero-order valence-corrected chi connectivity index (χ0v) is 9.86. The maximum atomic E-state index is 5.91. The molecule has 0 spiro atoms. The number of hydrogen-bond donors (Lipinski definition) is 0. The van der Waals surface area contributed by atoms with Gasteiger partial charge in [-0.25, -0.2) is 9.97 Å². The summed E-state index contributed by atoms with van der Waals surface area (Å²) in [5.41, 5.74) is 1.71. The first-order valence-corrected chi connectivity index (χ1v) is 5.51. The Bertz CT molecular complexity index is 566. The molecule has 0 fully saturated rings. The van der Waals surface area contributed by atoms with Crippen LogP contribution in [0.3, 0.4) is 0 Å². The van der Waals surface area contributed by atoms with Crippen LogP contribution in [0.4, 0.5) is 0 Å². The fraction of sp³-hybridized carbons (Fsp3) is 0.167. The fourth-order valence-corrected chi connectivity index (χ4v) is 1.96. The molecule has 86 valence electrons. The maximum Gasteiger partial charge on any atom is 0.231 e. The molecule has 2 heterocycles. The molecule has 0 saturated carbocycles. The van der Waals surface area contributed by atoms with E-state index in [1.165, 1.54) is 0 Å². The summed E-state index contributed by atoms with van der Waals surface area (Å²) in [6.45, 7) is 2.07. The van der Waals surface area contributed by atoms with E-state index in [4.69, 9.17) is 21.1 Å². The molecule has 0 bridgehead atoms. The molecule has 2 aromatic rings. The summed E-state index contributed by atoms with van der Waals surface area (Å²) >= 11 is 5.91. The van der Waals surface area contributed by atoms with Crippen molar-refractivity contribution in [2.45, 2.75) is 6.92 Å². The lowest BCUT2D eigenvalue weighted by Gasteiger charge is -2.04. The normalized spacial score (nSPS) is 12.8. The number of hydrogen-bond acceptors (Lipinski definition) is 4. The van der Waals surface area contributed by atoms with Gasteiger partial charge in [-0.1, -0.05) is 11.6 Å². The minimum absolute atomic E-state index is 0.266. The molecule has 1 aliphatic heterocycles. The average molecular weight is 249 g/mol. The molecule has 0 saturated heterocycles. The van der Waals surface area contributed by atoms with Crippen LogP contribution in [0.25, 0.3) is 11.3 Å². The van der Waals surface area contributed by atoms with E-state index in [1.54, 1.807) is 6.07 Å². The second kappa shape index (κ2) is 3.89. The molecule has 1 aromatic heterocycles. The lowest BCUT2D eigenvalue weighted by Crippen LogP contribution is -1.93. The van der Waals surface area contributed by atoms with Crippen molar-refractivity contribution in [1.82, 2.24) is 9.97 Å². The molecule has 0 aliphatic carbocycles. The highest BCUT2D eigenvalue weighted by Crippen LogP contribution is 2.35. The molecule has 5 heteroatoms. The molecule has 0 unspecified atom stereocenters. The van der Waals surface area contributed by atoms with Crippen LogP contribution in [0.15, 0.2) is 24.3 Å². The Kier molecular flexibility index (Phi) is 2.37. The Hall–Kier alpha value is -1.81. The molecule has 0 amide bonds. The van der Waals surface area contributed by atoms with Gasteiger partial charge in [-0.15, -0.1) is 0 Å². The van der Waals surface area contributed by atoms with Crippen LogP contribution < -0.4 is 9.47 Å². The Morgan fingerprint density at radius 3 is 2.76 bits per heavy atom. The lowest BCUT2D eigenvalue weighted by atomic mass is 10.1. The molecular weight excluding hydrogens is 240 g/mol. The lowest BCUT2D eigenvalue weighted by molar-refractivity contribution is 0.174. The topological polar surface area (TPSA) is 44.2 Å². The van der Waals surface area contributed by atoms with Gasteiger partial charge < -0.3 is 9.47 Å². The van der Waals surface area contributed by atoms with Crippen LogP contribution in [0.2, 0.25) is 5.15 Å².